The van der Waals surface area contributed by atoms with Crippen molar-refractivity contribution in [2.24, 2.45) is 5.92 Å². The second-order valence-electron chi connectivity index (χ2n) is 14.4. The number of pyridine rings is 2. The van der Waals surface area contributed by atoms with Gasteiger partial charge in [-0.2, -0.15) is 5.10 Å². The second kappa shape index (κ2) is 14.4. The van der Waals surface area contributed by atoms with Crippen LogP contribution in [0.15, 0.2) is 72.2 Å². The minimum atomic E-state index is -1.50. The average Bonchev–Trinajstić information content (AvgIpc) is 3.61. The Balaban J connectivity index is 1.39. The minimum Gasteiger partial charge on any atom is -0.479 e. The van der Waals surface area contributed by atoms with E-state index >= 15 is 0 Å². The molecule has 268 valence electrons. The van der Waals surface area contributed by atoms with Crippen LogP contribution in [0, 0.1) is 5.92 Å². The summed E-state index contributed by atoms with van der Waals surface area (Å²) >= 11 is 0. The lowest BCUT2D eigenvalue weighted by Gasteiger charge is -2.30. The lowest BCUT2D eigenvalue weighted by molar-refractivity contribution is -0.145. The zero-order valence-electron chi connectivity index (χ0n) is 28.9. The van der Waals surface area contributed by atoms with Crippen LogP contribution in [0.5, 0.6) is 0 Å². The van der Waals surface area contributed by atoms with E-state index in [4.69, 9.17) is 4.74 Å². The van der Waals surface area contributed by atoms with Gasteiger partial charge in [0.1, 0.15) is 23.2 Å². The summed E-state index contributed by atoms with van der Waals surface area (Å²) < 4.78 is 6.75. The molecule has 6 rings (SSSR count). The van der Waals surface area contributed by atoms with Crippen molar-refractivity contribution < 1.29 is 29.0 Å². The van der Waals surface area contributed by atoms with Crippen molar-refractivity contribution >= 4 is 23.9 Å². The Labute approximate surface area is 295 Å². The van der Waals surface area contributed by atoms with Crippen LogP contribution in [0.4, 0.5) is 4.79 Å². The molecule has 14 heteroatoms. The van der Waals surface area contributed by atoms with Crippen molar-refractivity contribution in [3.63, 3.8) is 0 Å². The van der Waals surface area contributed by atoms with Crippen molar-refractivity contribution in [1.29, 1.82) is 0 Å². The average molecular weight is 698 g/mol. The monoisotopic (exact) mass is 697 g/mol. The first-order valence-corrected chi connectivity index (χ1v) is 17.3. The number of nitrogens with zero attached hydrogens (tertiary/aromatic N) is 5. The maximum absolute atomic E-state index is 14.4. The van der Waals surface area contributed by atoms with Gasteiger partial charge in [0.25, 0.3) is 5.56 Å². The molecule has 14 nitrogen and oxygen atoms in total. The van der Waals surface area contributed by atoms with Crippen LogP contribution in [0.3, 0.4) is 0 Å². The van der Waals surface area contributed by atoms with E-state index in [0.29, 0.717) is 35.1 Å². The molecule has 3 aromatic rings. The molecule has 5 heterocycles. The molecule has 0 bridgehead atoms. The van der Waals surface area contributed by atoms with Crippen LogP contribution in [0.25, 0.3) is 22.3 Å². The summed E-state index contributed by atoms with van der Waals surface area (Å²) in [7, 11) is 0. The van der Waals surface area contributed by atoms with E-state index in [-0.39, 0.29) is 19.4 Å². The predicted molar refractivity (Wildman–Crippen MR) is 186 cm³/mol. The number of fused-ring (bicyclic) bond motifs is 2. The van der Waals surface area contributed by atoms with Crippen LogP contribution in [0.1, 0.15) is 71.8 Å². The van der Waals surface area contributed by atoms with Gasteiger partial charge in [-0.15, -0.1) is 0 Å². The number of aromatic nitrogens is 4. The zero-order valence-corrected chi connectivity index (χ0v) is 28.9. The Hall–Kier alpha value is -5.40. The van der Waals surface area contributed by atoms with E-state index in [1.54, 1.807) is 70.0 Å². The Morgan fingerprint density at radius 2 is 1.75 bits per heavy atom. The summed E-state index contributed by atoms with van der Waals surface area (Å²) in [5, 5.41) is 20.2. The molecule has 0 radical (unpaired) electrons. The Bertz CT molecular complexity index is 1880. The fourth-order valence-electron chi connectivity index (χ4n) is 6.96. The molecule has 3 aromatic heterocycles. The standard InChI is InChI=1S/C37H43N7O7/c1-36(2,3)51-35(50)41-28-14-8-6-4-5-7-13-25-18-37(25,34(48)49)42-31(45)29-17-26(22-43(29)32(28)46)44-33(47)30(24-12-10-16-39-20-24)27(21-40-44)23-11-9-15-38-19-23/h7,9-13,15-16,19-21,25-26,28-29H,4-6,8,14,17-18,22H2,1-3H3,(H,41,50)(H,42,45)(H,48,49)/t25-,26+,28+,29+,37-/m1/s1. The molecule has 0 unspecified atom stereocenters. The predicted octanol–water partition coefficient (Wildman–Crippen LogP) is 3.88. The summed E-state index contributed by atoms with van der Waals surface area (Å²) in [4.78, 5) is 78.1. The normalized spacial score (nSPS) is 25.4. The number of carboxylic acid groups (broad SMARTS) is 1. The second-order valence-corrected chi connectivity index (χ2v) is 14.4. The number of carboxylic acids is 1. The lowest BCUT2D eigenvalue weighted by atomic mass is 9.99. The quantitative estimate of drug-likeness (QED) is 0.331. The van der Waals surface area contributed by atoms with E-state index in [2.05, 4.69) is 25.7 Å². The molecule has 2 aliphatic heterocycles. The summed E-state index contributed by atoms with van der Waals surface area (Å²) in [6.07, 6.45) is 14.4. The molecule has 2 fully saturated rings. The number of nitrogens with one attached hydrogen (secondary N) is 2. The third-order valence-electron chi connectivity index (χ3n) is 9.60. The topological polar surface area (TPSA) is 186 Å². The molecule has 1 aliphatic carbocycles. The van der Waals surface area contributed by atoms with Gasteiger partial charge in [0.15, 0.2) is 0 Å². The molecule has 3 N–H and O–H groups in total. The maximum atomic E-state index is 14.4. The number of aliphatic carboxylic acids is 1. The van der Waals surface area contributed by atoms with Crippen molar-refractivity contribution in [3.8, 4) is 22.3 Å². The lowest BCUT2D eigenvalue weighted by Crippen LogP contribution is -2.56. The molecular weight excluding hydrogens is 654 g/mol. The molecule has 1 saturated heterocycles. The van der Waals surface area contributed by atoms with E-state index in [1.165, 1.54) is 9.58 Å². The molecule has 1 saturated carbocycles. The highest BCUT2D eigenvalue weighted by atomic mass is 16.6. The van der Waals surface area contributed by atoms with Gasteiger partial charge in [-0.1, -0.05) is 37.1 Å². The number of allylic oxidation sites excluding steroid dienone is 1. The van der Waals surface area contributed by atoms with Gasteiger partial charge in [-0.3, -0.25) is 24.4 Å². The van der Waals surface area contributed by atoms with Crippen molar-refractivity contribution in [2.45, 2.75) is 95.0 Å². The van der Waals surface area contributed by atoms with Gasteiger partial charge in [0.2, 0.25) is 11.8 Å². The van der Waals surface area contributed by atoms with Crippen LogP contribution in [-0.4, -0.2) is 83.4 Å². The molecule has 5 atom stereocenters. The molecular formula is C37H43N7O7. The third kappa shape index (κ3) is 7.69. The van der Waals surface area contributed by atoms with Crippen LogP contribution < -0.4 is 16.2 Å². The Morgan fingerprint density at radius 3 is 2.41 bits per heavy atom. The summed E-state index contributed by atoms with van der Waals surface area (Å²) in [6, 6.07) is 4.13. The molecule has 0 spiro atoms. The number of alkyl carbamates (subject to hydrolysis) is 1. The summed E-state index contributed by atoms with van der Waals surface area (Å²) in [6.45, 7) is 5.07. The Morgan fingerprint density at radius 1 is 1.02 bits per heavy atom. The summed E-state index contributed by atoms with van der Waals surface area (Å²) in [5.74, 6) is -2.72. The van der Waals surface area contributed by atoms with Gasteiger partial charge < -0.3 is 25.4 Å². The molecule has 3 aliphatic rings. The number of hydrogen-bond donors (Lipinski definition) is 3. The third-order valence-corrected chi connectivity index (χ3v) is 9.60. The van der Waals surface area contributed by atoms with Crippen molar-refractivity contribution in [1.82, 2.24) is 35.3 Å². The molecule has 51 heavy (non-hydrogen) atoms. The van der Waals surface area contributed by atoms with Crippen LogP contribution >= 0.6 is 0 Å². The SMILES string of the molecule is CC(C)(C)OC(=O)N[C@H]1CCCCCC=C[C@@H]2C[C@@]2(C(=O)O)NC(=O)[C@@H]2C[C@H](n3ncc(-c4cccnc4)c(-c4cccnc4)c3=O)CN2C1=O. The maximum Gasteiger partial charge on any atom is 0.408 e. The first-order chi connectivity index (χ1) is 24.4. The number of hydrogen-bond acceptors (Lipinski definition) is 9. The van der Waals surface area contributed by atoms with Crippen molar-refractivity contribution in [3.05, 3.63) is 77.8 Å². The number of amides is 3. The van der Waals surface area contributed by atoms with E-state index in [1.807, 2.05) is 18.2 Å². The fourth-order valence-corrected chi connectivity index (χ4v) is 6.96. The molecule has 3 amide bonds. The Kier molecular flexibility index (Phi) is 10.0. The zero-order chi connectivity index (χ0) is 36.3. The number of ether oxygens (including phenoxy) is 1. The van der Waals surface area contributed by atoms with Gasteiger partial charge in [0.05, 0.1) is 17.8 Å². The van der Waals surface area contributed by atoms with E-state index in [9.17, 15) is 29.1 Å². The fraction of sp³-hybridized carbons (Fsp3) is 0.459. The number of carbonyl (C=O) groups excluding carboxylic acids is 3. The van der Waals surface area contributed by atoms with Crippen LogP contribution in [0.2, 0.25) is 0 Å². The van der Waals surface area contributed by atoms with E-state index in [0.717, 1.165) is 19.3 Å². The summed E-state index contributed by atoms with van der Waals surface area (Å²) in [5.41, 5.74) is -0.676. The van der Waals surface area contributed by atoms with Crippen LogP contribution in [-0.2, 0) is 19.1 Å². The highest BCUT2D eigenvalue weighted by Gasteiger charge is 2.61. The minimum absolute atomic E-state index is 0.0153. The first-order valence-electron chi connectivity index (χ1n) is 17.3. The van der Waals surface area contributed by atoms with Gasteiger partial charge in [0, 0.05) is 60.4 Å². The van der Waals surface area contributed by atoms with Gasteiger partial charge >= 0.3 is 12.1 Å². The van der Waals surface area contributed by atoms with E-state index < -0.39 is 64.6 Å². The molecule has 0 aromatic carbocycles. The van der Waals surface area contributed by atoms with Crippen molar-refractivity contribution in [2.75, 3.05) is 6.54 Å². The highest BCUT2D eigenvalue weighted by molar-refractivity contribution is 5.96. The highest BCUT2D eigenvalue weighted by Crippen LogP contribution is 2.45. The largest absolute Gasteiger partial charge is 0.479 e. The van der Waals surface area contributed by atoms with Gasteiger partial charge in [-0.05, 0) is 58.6 Å². The van der Waals surface area contributed by atoms with Gasteiger partial charge in [-0.25, -0.2) is 14.3 Å². The number of rotatable bonds is 5. The smallest absolute Gasteiger partial charge is 0.408 e. The first kappa shape index (κ1) is 35.4. The number of carbonyl (C=O) groups is 4.